The van der Waals surface area contributed by atoms with E-state index in [-0.39, 0.29) is 0 Å². The third-order valence-corrected chi connectivity index (χ3v) is 6.79. The molecule has 0 radical (unpaired) electrons. The molecule has 0 spiro atoms. The van der Waals surface area contributed by atoms with Gasteiger partial charge < -0.3 is 9.64 Å². The molecule has 1 atom stereocenters. The summed E-state index contributed by atoms with van der Waals surface area (Å²) >= 11 is 0. The number of amides is 2. The molecule has 8 nitrogen and oxygen atoms in total. The SMILES string of the molecule is COC(=O)NC(=O)[C@@H](C)[NH+]1CCN(S(=O)(=O)c2ccc(C)c(C)c2)CC1. The Bertz CT molecular complexity index is 786. The minimum Gasteiger partial charge on any atom is -0.453 e. The van der Waals surface area contributed by atoms with E-state index in [0.29, 0.717) is 31.1 Å². The number of methoxy groups -OCH3 is 1. The number of alkyl carbamates (subject to hydrolysis) is 1. The average molecular weight is 384 g/mol. The predicted molar refractivity (Wildman–Crippen MR) is 95.4 cm³/mol. The highest BCUT2D eigenvalue weighted by atomic mass is 32.2. The fourth-order valence-electron chi connectivity index (χ4n) is 2.92. The van der Waals surface area contributed by atoms with Crippen molar-refractivity contribution in [3.63, 3.8) is 0 Å². The monoisotopic (exact) mass is 384 g/mol. The molecule has 1 aromatic rings. The van der Waals surface area contributed by atoms with Crippen LogP contribution in [-0.2, 0) is 19.6 Å². The number of imide groups is 1. The molecule has 1 aromatic carbocycles. The van der Waals surface area contributed by atoms with Crippen LogP contribution < -0.4 is 10.2 Å². The van der Waals surface area contributed by atoms with Gasteiger partial charge >= 0.3 is 6.09 Å². The molecule has 26 heavy (non-hydrogen) atoms. The van der Waals surface area contributed by atoms with Crippen LogP contribution in [0.1, 0.15) is 18.1 Å². The van der Waals surface area contributed by atoms with E-state index in [9.17, 15) is 18.0 Å². The Labute approximate surface area is 154 Å². The van der Waals surface area contributed by atoms with Gasteiger partial charge in [-0.2, -0.15) is 4.31 Å². The van der Waals surface area contributed by atoms with Gasteiger partial charge in [0.2, 0.25) is 10.0 Å². The molecule has 0 aliphatic carbocycles. The summed E-state index contributed by atoms with van der Waals surface area (Å²) in [5.41, 5.74) is 1.98. The standard InChI is InChI=1S/C17H25N3O5S/c1-12-5-6-15(11-13(12)2)26(23,24)20-9-7-19(8-10-20)14(3)16(21)18-17(22)25-4/h5-6,11,14H,7-10H2,1-4H3,(H,18,21,22)/p+1/t14-/m1/s1. The highest BCUT2D eigenvalue weighted by Crippen LogP contribution is 2.19. The first-order chi connectivity index (χ1) is 12.2. The van der Waals surface area contributed by atoms with E-state index in [4.69, 9.17) is 0 Å². The van der Waals surface area contributed by atoms with Gasteiger partial charge in [-0.15, -0.1) is 0 Å². The number of ether oxygens (including phenoxy) is 1. The van der Waals surface area contributed by atoms with E-state index in [0.717, 1.165) is 16.0 Å². The summed E-state index contributed by atoms with van der Waals surface area (Å²) < 4.78 is 31.5. The number of sulfonamides is 1. The molecule has 0 saturated carbocycles. The van der Waals surface area contributed by atoms with Crippen molar-refractivity contribution >= 4 is 22.0 Å². The van der Waals surface area contributed by atoms with Crippen LogP contribution in [-0.4, -0.2) is 64.1 Å². The van der Waals surface area contributed by atoms with E-state index in [2.05, 4.69) is 10.1 Å². The zero-order valence-corrected chi connectivity index (χ0v) is 16.4. The van der Waals surface area contributed by atoms with Crippen molar-refractivity contribution in [2.45, 2.75) is 31.7 Å². The van der Waals surface area contributed by atoms with E-state index in [1.807, 2.05) is 19.9 Å². The summed E-state index contributed by atoms with van der Waals surface area (Å²) in [5, 5.41) is 2.15. The van der Waals surface area contributed by atoms with Crippen molar-refractivity contribution in [2.75, 3.05) is 33.3 Å². The quantitative estimate of drug-likeness (QED) is 0.727. The Morgan fingerprint density at radius 1 is 1.19 bits per heavy atom. The number of nitrogens with zero attached hydrogens (tertiary/aromatic N) is 1. The third kappa shape index (κ3) is 4.40. The van der Waals surface area contributed by atoms with Gasteiger partial charge in [-0.25, -0.2) is 13.2 Å². The molecular weight excluding hydrogens is 358 g/mol. The van der Waals surface area contributed by atoms with Gasteiger partial charge in [-0.1, -0.05) is 6.07 Å². The number of aryl methyl sites for hydroxylation is 2. The highest BCUT2D eigenvalue weighted by Gasteiger charge is 2.35. The van der Waals surface area contributed by atoms with Crippen LogP contribution in [0.4, 0.5) is 4.79 Å². The number of piperazine rings is 1. The second-order valence-corrected chi connectivity index (χ2v) is 8.45. The number of carbonyl (C=O) groups is 2. The molecule has 0 aromatic heterocycles. The van der Waals surface area contributed by atoms with Gasteiger partial charge in [0.15, 0.2) is 6.04 Å². The van der Waals surface area contributed by atoms with E-state index in [1.54, 1.807) is 19.1 Å². The van der Waals surface area contributed by atoms with Crippen LogP contribution in [0.3, 0.4) is 0 Å². The zero-order chi connectivity index (χ0) is 19.5. The lowest BCUT2D eigenvalue weighted by Gasteiger charge is -2.34. The first kappa shape index (κ1) is 20.3. The topological polar surface area (TPSA) is 97.2 Å². The molecule has 9 heteroatoms. The lowest BCUT2D eigenvalue weighted by atomic mass is 10.1. The van der Waals surface area contributed by atoms with Crippen molar-refractivity contribution < 1.29 is 27.6 Å². The normalized spacial score (nSPS) is 17.5. The molecule has 144 valence electrons. The Morgan fingerprint density at radius 3 is 2.35 bits per heavy atom. The van der Waals surface area contributed by atoms with Gasteiger partial charge in [-0.3, -0.25) is 10.1 Å². The Balaban J connectivity index is 2.02. The summed E-state index contributed by atoms with van der Waals surface area (Å²) in [6.45, 7) is 7.15. The lowest BCUT2D eigenvalue weighted by molar-refractivity contribution is -0.917. The molecule has 1 saturated heterocycles. The van der Waals surface area contributed by atoms with Gasteiger partial charge in [-0.05, 0) is 44.0 Å². The summed E-state index contributed by atoms with van der Waals surface area (Å²) in [7, 11) is -2.36. The molecule has 1 aliphatic heterocycles. The fourth-order valence-corrected chi connectivity index (χ4v) is 4.44. The minimum atomic E-state index is -3.55. The summed E-state index contributed by atoms with van der Waals surface area (Å²) in [5.74, 6) is -0.433. The Morgan fingerprint density at radius 2 is 1.81 bits per heavy atom. The molecule has 2 rings (SSSR count). The van der Waals surface area contributed by atoms with Gasteiger partial charge in [0.05, 0.1) is 38.2 Å². The molecule has 1 fully saturated rings. The van der Waals surface area contributed by atoms with Crippen LogP contribution in [0.15, 0.2) is 23.1 Å². The first-order valence-electron chi connectivity index (χ1n) is 8.47. The number of benzene rings is 1. The van der Waals surface area contributed by atoms with Crippen molar-refractivity contribution in [1.82, 2.24) is 9.62 Å². The molecular formula is C17H26N3O5S+. The predicted octanol–water partition coefficient (Wildman–Crippen LogP) is -0.536. The zero-order valence-electron chi connectivity index (χ0n) is 15.5. The van der Waals surface area contributed by atoms with Gasteiger partial charge in [0, 0.05) is 0 Å². The fraction of sp³-hybridized carbons (Fsp3) is 0.529. The maximum absolute atomic E-state index is 12.8. The second kappa shape index (κ2) is 8.15. The molecule has 0 bridgehead atoms. The van der Waals surface area contributed by atoms with Crippen LogP contribution >= 0.6 is 0 Å². The summed E-state index contributed by atoms with van der Waals surface area (Å²) in [4.78, 5) is 24.4. The van der Waals surface area contributed by atoms with Crippen LogP contribution in [0, 0.1) is 13.8 Å². The number of nitrogens with one attached hydrogen (secondary N) is 2. The van der Waals surface area contributed by atoms with Crippen molar-refractivity contribution in [3.05, 3.63) is 29.3 Å². The maximum Gasteiger partial charge on any atom is 0.413 e. The Kier molecular flexibility index (Phi) is 6.38. The summed E-state index contributed by atoms with van der Waals surface area (Å²) in [6.07, 6.45) is -0.794. The van der Waals surface area contributed by atoms with Gasteiger partial charge in [0.25, 0.3) is 5.91 Å². The Hall–Kier alpha value is -1.97. The maximum atomic E-state index is 12.8. The van der Waals surface area contributed by atoms with Crippen LogP contribution in [0.2, 0.25) is 0 Å². The molecule has 2 amide bonds. The third-order valence-electron chi connectivity index (χ3n) is 4.90. The smallest absolute Gasteiger partial charge is 0.413 e. The lowest BCUT2D eigenvalue weighted by Crippen LogP contribution is -3.19. The van der Waals surface area contributed by atoms with Gasteiger partial charge in [0.1, 0.15) is 0 Å². The van der Waals surface area contributed by atoms with Crippen molar-refractivity contribution in [3.8, 4) is 0 Å². The number of hydrogen-bond donors (Lipinski definition) is 2. The van der Waals surface area contributed by atoms with Crippen LogP contribution in [0.5, 0.6) is 0 Å². The number of hydrogen-bond acceptors (Lipinski definition) is 5. The van der Waals surface area contributed by atoms with E-state index >= 15 is 0 Å². The van der Waals surface area contributed by atoms with E-state index < -0.39 is 28.1 Å². The molecule has 2 N–H and O–H groups in total. The largest absolute Gasteiger partial charge is 0.453 e. The average Bonchev–Trinajstić information content (AvgIpc) is 2.63. The van der Waals surface area contributed by atoms with Crippen molar-refractivity contribution in [2.24, 2.45) is 0 Å². The van der Waals surface area contributed by atoms with Crippen LogP contribution in [0.25, 0.3) is 0 Å². The molecule has 0 unspecified atom stereocenters. The van der Waals surface area contributed by atoms with Crippen molar-refractivity contribution in [1.29, 1.82) is 0 Å². The number of carbonyl (C=O) groups excluding carboxylic acids is 2. The first-order valence-corrected chi connectivity index (χ1v) is 9.91. The number of rotatable bonds is 4. The molecule has 1 heterocycles. The highest BCUT2D eigenvalue weighted by molar-refractivity contribution is 7.89. The minimum absolute atomic E-state index is 0.292. The molecule has 1 aliphatic rings. The second-order valence-electron chi connectivity index (χ2n) is 6.51. The number of quaternary nitrogens is 1. The summed E-state index contributed by atoms with van der Waals surface area (Å²) in [6, 6.07) is 4.66. The van der Waals surface area contributed by atoms with E-state index in [1.165, 1.54) is 11.4 Å².